The second-order valence-corrected chi connectivity index (χ2v) is 5.35. The molecule has 0 aliphatic rings. The number of rotatable bonds is 6. The maximum atomic E-state index is 13.1. The van der Waals surface area contributed by atoms with Crippen molar-refractivity contribution in [2.24, 2.45) is 5.92 Å². The smallest absolute Gasteiger partial charge is 0.125 e. The molecule has 102 valence electrons. The average molecular weight is 253 g/mol. The van der Waals surface area contributed by atoms with Gasteiger partial charge in [-0.1, -0.05) is 13.8 Å². The van der Waals surface area contributed by atoms with Crippen LogP contribution >= 0.6 is 0 Å². The van der Waals surface area contributed by atoms with E-state index in [0.29, 0.717) is 11.6 Å². The Bertz CT molecular complexity index is 377. The van der Waals surface area contributed by atoms with Gasteiger partial charge >= 0.3 is 0 Å². The summed E-state index contributed by atoms with van der Waals surface area (Å²) in [6.45, 7) is 7.10. The summed E-state index contributed by atoms with van der Waals surface area (Å²) < 4.78 is 13.1. The second-order valence-electron chi connectivity index (χ2n) is 5.35. The Morgan fingerprint density at radius 2 is 1.89 bits per heavy atom. The lowest BCUT2D eigenvalue weighted by Crippen LogP contribution is -2.34. The number of hydrogen-bond acceptors (Lipinski definition) is 3. The lowest BCUT2D eigenvalue weighted by Gasteiger charge is -2.29. The number of anilines is 2. The molecule has 0 aliphatic heterocycles. The minimum Gasteiger partial charge on any atom is -0.397 e. The topological polar surface area (TPSA) is 32.5 Å². The SMILES string of the molecule is CC(C)CN(CCN(C)C)c1ccc(F)cc1N. The lowest BCUT2D eigenvalue weighted by atomic mass is 10.1. The summed E-state index contributed by atoms with van der Waals surface area (Å²) in [5, 5.41) is 0. The molecule has 1 rings (SSSR count). The van der Waals surface area contributed by atoms with Crippen molar-refractivity contribution in [2.45, 2.75) is 13.8 Å². The highest BCUT2D eigenvalue weighted by Gasteiger charge is 2.12. The molecule has 0 aliphatic carbocycles. The Labute approximate surface area is 109 Å². The van der Waals surface area contributed by atoms with Crippen molar-refractivity contribution in [3.63, 3.8) is 0 Å². The summed E-state index contributed by atoms with van der Waals surface area (Å²) in [7, 11) is 4.09. The third kappa shape index (κ3) is 4.53. The van der Waals surface area contributed by atoms with Crippen molar-refractivity contribution < 1.29 is 4.39 Å². The molecule has 3 nitrogen and oxygen atoms in total. The van der Waals surface area contributed by atoms with Gasteiger partial charge in [-0.3, -0.25) is 0 Å². The van der Waals surface area contributed by atoms with Crippen molar-refractivity contribution in [3.8, 4) is 0 Å². The standard InChI is InChI=1S/C14H24FN3/c1-11(2)10-18(8-7-17(3)4)14-6-5-12(15)9-13(14)16/h5-6,9,11H,7-8,10,16H2,1-4H3. The van der Waals surface area contributed by atoms with Crippen molar-refractivity contribution in [1.82, 2.24) is 4.90 Å². The molecule has 2 N–H and O–H groups in total. The zero-order valence-corrected chi connectivity index (χ0v) is 11.8. The van der Waals surface area contributed by atoms with Gasteiger partial charge in [-0.05, 0) is 38.2 Å². The zero-order chi connectivity index (χ0) is 13.7. The van der Waals surface area contributed by atoms with Crippen LogP contribution in [0.5, 0.6) is 0 Å². The fraction of sp³-hybridized carbons (Fsp3) is 0.571. The monoisotopic (exact) mass is 253 g/mol. The Kier molecular flexibility index (Phi) is 5.41. The van der Waals surface area contributed by atoms with Crippen molar-refractivity contribution in [3.05, 3.63) is 24.0 Å². The number of likely N-dealkylation sites (N-methyl/N-ethyl adjacent to an activating group) is 1. The number of benzene rings is 1. The molecule has 0 saturated heterocycles. The molecule has 0 radical (unpaired) electrons. The first-order valence-electron chi connectivity index (χ1n) is 6.35. The second kappa shape index (κ2) is 6.59. The highest BCUT2D eigenvalue weighted by molar-refractivity contribution is 5.67. The normalized spacial score (nSPS) is 11.3. The molecule has 0 aromatic heterocycles. The van der Waals surface area contributed by atoms with E-state index in [4.69, 9.17) is 5.73 Å². The summed E-state index contributed by atoms with van der Waals surface area (Å²) in [6.07, 6.45) is 0. The van der Waals surface area contributed by atoms with E-state index in [1.807, 2.05) is 14.1 Å². The molecule has 1 aromatic carbocycles. The van der Waals surface area contributed by atoms with Gasteiger partial charge in [0.05, 0.1) is 11.4 Å². The Morgan fingerprint density at radius 3 is 2.39 bits per heavy atom. The molecule has 0 amide bonds. The predicted molar refractivity (Wildman–Crippen MR) is 76.4 cm³/mol. The van der Waals surface area contributed by atoms with Crippen LogP contribution in [0.3, 0.4) is 0 Å². The quantitative estimate of drug-likeness (QED) is 0.790. The van der Waals surface area contributed by atoms with E-state index in [9.17, 15) is 4.39 Å². The van der Waals surface area contributed by atoms with Crippen LogP contribution in [-0.4, -0.2) is 38.6 Å². The Balaban J connectivity index is 2.86. The minimum absolute atomic E-state index is 0.284. The summed E-state index contributed by atoms with van der Waals surface area (Å²) in [5.41, 5.74) is 7.34. The van der Waals surface area contributed by atoms with E-state index in [2.05, 4.69) is 23.6 Å². The maximum Gasteiger partial charge on any atom is 0.125 e. The molecule has 4 heteroatoms. The summed E-state index contributed by atoms with van der Waals surface area (Å²) in [5.74, 6) is 0.255. The van der Waals surface area contributed by atoms with E-state index in [1.54, 1.807) is 6.07 Å². The first kappa shape index (κ1) is 14.8. The van der Waals surface area contributed by atoms with Crippen LogP contribution in [-0.2, 0) is 0 Å². The van der Waals surface area contributed by atoms with E-state index >= 15 is 0 Å². The number of hydrogen-bond donors (Lipinski definition) is 1. The van der Waals surface area contributed by atoms with Crippen LogP contribution in [0.4, 0.5) is 15.8 Å². The first-order chi connectivity index (χ1) is 8.40. The zero-order valence-electron chi connectivity index (χ0n) is 11.8. The molecular formula is C14H24FN3. The number of halogens is 1. The van der Waals surface area contributed by atoms with E-state index in [-0.39, 0.29) is 5.82 Å². The summed E-state index contributed by atoms with van der Waals surface area (Å²) in [6, 6.07) is 4.62. The molecule has 0 heterocycles. The number of nitrogens with zero attached hydrogens (tertiary/aromatic N) is 2. The largest absolute Gasteiger partial charge is 0.397 e. The third-order valence-electron chi connectivity index (χ3n) is 2.73. The minimum atomic E-state index is -0.284. The van der Waals surface area contributed by atoms with Gasteiger partial charge in [0.1, 0.15) is 5.82 Å². The highest BCUT2D eigenvalue weighted by Crippen LogP contribution is 2.24. The van der Waals surface area contributed by atoms with Crippen molar-refractivity contribution >= 4 is 11.4 Å². The van der Waals surface area contributed by atoms with Gasteiger partial charge in [-0.2, -0.15) is 0 Å². The fourth-order valence-corrected chi connectivity index (χ4v) is 1.88. The van der Waals surface area contributed by atoms with E-state index in [0.717, 1.165) is 25.3 Å². The van der Waals surface area contributed by atoms with Gasteiger partial charge in [-0.25, -0.2) is 4.39 Å². The Hall–Kier alpha value is -1.29. The molecule has 1 aromatic rings. The summed E-state index contributed by atoms with van der Waals surface area (Å²) >= 11 is 0. The summed E-state index contributed by atoms with van der Waals surface area (Å²) in [4.78, 5) is 4.35. The van der Waals surface area contributed by atoms with Crippen LogP contribution < -0.4 is 10.6 Å². The Morgan fingerprint density at radius 1 is 1.22 bits per heavy atom. The van der Waals surface area contributed by atoms with Crippen LogP contribution in [0, 0.1) is 11.7 Å². The number of nitrogen functional groups attached to an aromatic ring is 1. The molecule has 0 saturated carbocycles. The van der Waals surface area contributed by atoms with E-state index in [1.165, 1.54) is 12.1 Å². The molecule has 0 fully saturated rings. The molecule has 0 spiro atoms. The lowest BCUT2D eigenvalue weighted by molar-refractivity contribution is 0.409. The predicted octanol–water partition coefficient (Wildman–Crippen LogP) is 2.43. The first-order valence-corrected chi connectivity index (χ1v) is 6.35. The molecular weight excluding hydrogens is 229 g/mol. The van der Waals surface area contributed by atoms with Crippen LogP contribution in [0.15, 0.2) is 18.2 Å². The average Bonchev–Trinajstić information content (AvgIpc) is 2.24. The van der Waals surface area contributed by atoms with Gasteiger partial charge in [0.15, 0.2) is 0 Å². The van der Waals surface area contributed by atoms with Gasteiger partial charge in [-0.15, -0.1) is 0 Å². The molecule has 0 unspecified atom stereocenters. The van der Waals surface area contributed by atoms with Crippen molar-refractivity contribution in [2.75, 3.05) is 44.4 Å². The molecule has 0 atom stereocenters. The van der Waals surface area contributed by atoms with Crippen molar-refractivity contribution in [1.29, 1.82) is 0 Å². The van der Waals surface area contributed by atoms with Gasteiger partial charge < -0.3 is 15.5 Å². The highest BCUT2D eigenvalue weighted by atomic mass is 19.1. The van der Waals surface area contributed by atoms with E-state index < -0.39 is 0 Å². The fourth-order valence-electron chi connectivity index (χ4n) is 1.88. The molecule has 0 bridgehead atoms. The molecule has 18 heavy (non-hydrogen) atoms. The van der Waals surface area contributed by atoms with Crippen LogP contribution in [0.25, 0.3) is 0 Å². The van der Waals surface area contributed by atoms with Gasteiger partial charge in [0.25, 0.3) is 0 Å². The van der Waals surface area contributed by atoms with Crippen LogP contribution in [0.2, 0.25) is 0 Å². The third-order valence-corrected chi connectivity index (χ3v) is 2.73. The van der Waals surface area contributed by atoms with Gasteiger partial charge in [0, 0.05) is 19.6 Å². The van der Waals surface area contributed by atoms with Gasteiger partial charge in [0.2, 0.25) is 0 Å². The van der Waals surface area contributed by atoms with Crippen LogP contribution in [0.1, 0.15) is 13.8 Å². The number of nitrogens with two attached hydrogens (primary N) is 1. The maximum absolute atomic E-state index is 13.1.